The van der Waals surface area contributed by atoms with E-state index in [2.05, 4.69) is 4.99 Å². The minimum Gasteiger partial charge on any atom is -0.356 e. The van der Waals surface area contributed by atoms with Gasteiger partial charge in [-0.05, 0) is 43.0 Å². The number of hydrogen-bond donors (Lipinski definition) is 1. The molecule has 0 amide bonds. The topological polar surface area (TPSA) is 45.1 Å². The van der Waals surface area contributed by atoms with Crippen molar-refractivity contribution in [3.8, 4) is 0 Å². The molecule has 1 saturated carbocycles. The number of rotatable bonds is 3. The second-order valence-corrected chi connectivity index (χ2v) is 7.32. The van der Waals surface area contributed by atoms with E-state index in [-0.39, 0.29) is 45.2 Å². The normalized spacial score (nSPS) is 25.2. The fourth-order valence-corrected chi connectivity index (χ4v) is 3.50. The number of halogens is 5. The van der Waals surface area contributed by atoms with E-state index in [0.717, 1.165) is 25.1 Å². The van der Waals surface area contributed by atoms with E-state index >= 15 is 0 Å². The van der Waals surface area contributed by atoms with Crippen LogP contribution in [0.5, 0.6) is 0 Å². The molecule has 1 unspecified atom stereocenters. The molecular formula is C17H13Cl2F3N2O2. The summed E-state index contributed by atoms with van der Waals surface area (Å²) < 4.78 is 49.0. The van der Waals surface area contributed by atoms with Crippen LogP contribution in [0.2, 0.25) is 5.02 Å². The Balaban J connectivity index is 1.99. The molecule has 4 rings (SSSR count). The molecule has 1 aromatic rings. The molecule has 26 heavy (non-hydrogen) atoms. The van der Waals surface area contributed by atoms with Gasteiger partial charge in [-0.3, -0.25) is 5.21 Å². The Morgan fingerprint density at radius 2 is 2.04 bits per heavy atom. The molecule has 1 aromatic carbocycles. The van der Waals surface area contributed by atoms with Crippen LogP contribution in [0.1, 0.15) is 18.4 Å². The number of aliphatic imine (C=N–C) groups is 1. The molecule has 1 aliphatic carbocycles. The van der Waals surface area contributed by atoms with Gasteiger partial charge in [0.1, 0.15) is 0 Å². The summed E-state index contributed by atoms with van der Waals surface area (Å²) in [5.74, 6) is -0.197. The third-order valence-electron chi connectivity index (χ3n) is 4.56. The van der Waals surface area contributed by atoms with Gasteiger partial charge < -0.3 is 4.74 Å². The largest absolute Gasteiger partial charge is 0.426 e. The Morgan fingerprint density at radius 3 is 2.69 bits per heavy atom. The summed E-state index contributed by atoms with van der Waals surface area (Å²) in [5, 5.41) is 10.6. The van der Waals surface area contributed by atoms with Gasteiger partial charge in [-0.25, -0.2) is 10.1 Å². The molecule has 9 heteroatoms. The van der Waals surface area contributed by atoms with E-state index in [9.17, 15) is 18.4 Å². The summed E-state index contributed by atoms with van der Waals surface area (Å²) in [6.45, 7) is -0.0666. The highest BCUT2D eigenvalue weighted by Gasteiger charge is 2.64. The van der Waals surface area contributed by atoms with Crippen molar-refractivity contribution >= 4 is 34.7 Å². The van der Waals surface area contributed by atoms with Gasteiger partial charge in [0.2, 0.25) is 5.60 Å². The zero-order valence-electron chi connectivity index (χ0n) is 13.2. The second-order valence-electron chi connectivity index (χ2n) is 6.45. The van der Waals surface area contributed by atoms with Crippen molar-refractivity contribution in [1.82, 2.24) is 5.06 Å². The van der Waals surface area contributed by atoms with E-state index < -0.39 is 11.8 Å². The molecule has 1 fully saturated rings. The van der Waals surface area contributed by atoms with E-state index in [4.69, 9.17) is 27.9 Å². The van der Waals surface area contributed by atoms with Gasteiger partial charge in [-0.1, -0.05) is 23.2 Å². The molecule has 3 aliphatic rings. The predicted octanol–water partition coefficient (Wildman–Crippen LogP) is 5.28. The Kier molecular flexibility index (Phi) is 4.11. The van der Waals surface area contributed by atoms with E-state index in [1.165, 1.54) is 18.2 Å². The number of hydrogen-bond acceptors (Lipinski definition) is 4. The summed E-state index contributed by atoms with van der Waals surface area (Å²) in [6.07, 6.45) is -0.986. The summed E-state index contributed by atoms with van der Waals surface area (Å²) in [6, 6.07) is 4.01. The van der Waals surface area contributed by atoms with Crippen molar-refractivity contribution in [2.45, 2.75) is 24.6 Å². The highest BCUT2D eigenvalue weighted by atomic mass is 35.5. The van der Waals surface area contributed by atoms with Crippen LogP contribution in [0.25, 0.3) is 0 Å². The maximum atomic E-state index is 14.5. The number of allylic oxidation sites excluding steroid dienone is 2. The average molecular weight is 405 g/mol. The van der Waals surface area contributed by atoms with E-state index in [1.54, 1.807) is 0 Å². The van der Waals surface area contributed by atoms with Crippen LogP contribution in [0.15, 0.2) is 46.1 Å². The average Bonchev–Trinajstić information content (AvgIpc) is 3.35. The molecule has 0 saturated heterocycles. The van der Waals surface area contributed by atoms with E-state index in [1.807, 2.05) is 0 Å². The van der Waals surface area contributed by atoms with Crippen molar-refractivity contribution < 1.29 is 23.1 Å². The minimum atomic E-state index is -4.83. The summed E-state index contributed by atoms with van der Waals surface area (Å²) in [7, 11) is 0. The SMILES string of the molecule is ON1C=C(Cl)C=C2C1=Nc1ccc(Cl)cc1C2(OCC1CC1)C(F)(F)F. The maximum absolute atomic E-state index is 14.5. The molecule has 1 atom stereocenters. The molecular weight excluding hydrogens is 392 g/mol. The number of ether oxygens (including phenoxy) is 1. The minimum absolute atomic E-state index is 0.0279. The number of nitrogens with zero attached hydrogens (tertiary/aromatic N) is 2. The molecule has 0 bridgehead atoms. The molecule has 0 aromatic heterocycles. The number of benzene rings is 1. The molecule has 0 radical (unpaired) electrons. The lowest BCUT2D eigenvalue weighted by Crippen LogP contribution is -2.52. The third kappa shape index (κ3) is 2.74. The molecule has 138 valence electrons. The molecule has 0 spiro atoms. The molecule has 4 nitrogen and oxygen atoms in total. The van der Waals surface area contributed by atoms with Crippen LogP contribution in [-0.2, 0) is 10.3 Å². The number of hydroxylamine groups is 2. The molecule has 2 aliphatic heterocycles. The lowest BCUT2D eigenvalue weighted by atomic mass is 9.80. The Labute approximate surface area is 157 Å². The Bertz CT molecular complexity index is 862. The van der Waals surface area contributed by atoms with Crippen molar-refractivity contribution in [3.05, 3.63) is 51.7 Å². The summed E-state index contributed by atoms with van der Waals surface area (Å²) in [5.41, 5.74) is -3.37. The summed E-state index contributed by atoms with van der Waals surface area (Å²) in [4.78, 5) is 4.16. The lowest BCUT2D eigenvalue weighted by Gasteiger charge is -2.43. The summed E-state index contributed by atoms with van der Waals surface area (Å²) >= 11 is 11.9. The zero-order chi connectivity index (χ0) is 18.7. The Morgan fingerprint density at radius 1 is 1.31 bits per heavy atom. The number of alkyl halides is 3. The fourth-order valence-electron chi connectivity index (χ4n) is 3.13. The zero-order valence-corrected chi connectivity index (χ0v) is 14.7. The highest BCUT2D eigenvalue weighted by molar-refractivity contribution is 6.32. The van der Waals surface area contributed by atoms with Crippen LogP contribution in [0, 0.1) is 5.92 Å². The van der Waals surface area contributed by atoms with Crippen LogP contribution >= 0.6 is 23.2 Å². The van der Waals surface area contributed by atoms with Gasteiger partial charge >= 0.3 is 6.18 Å². The third-order valence-corrected chi connectivity index (χ3v) is 5.00. The number of amidine groups is 1. The van der Waals surface area contributed by atoms with Crippen LogP contribution in [0.4, 0.5) is 18.9 Å². The Hall–Kier alpha value is -1.54. The monoisotopic (exact) mass is 404 g/mol. The van der Waals surface area contributed by atoms with Crippen LogP contribution in [-0.4, -0.2) is 28.9 Å². The standard InChI is InChI=1S/C17H13Cl2F3N2O2/c18-10-3-4-14-12(5-10)16(17(20,21)22,26-8-9-1-2-9)13-6-11(19)7-24(25)15(13)23-14/h3-7,9,25H,1-2,8H2. The molecule has 1 N–H and O–H groups in total. The maximum Gasteiger partial charge on any atom is 0.426 e. The van der Waals surface area contributed by atoms with Gasteiger partial charge in [0.05, 0.1) is 23.5 Å². The van der Waals surface area contributed by atoms with Gasteiger partial charge in [0.15, 0.2) is 5.84 Å². The lowest BCUT2D eigenvalue weighted by molar-refractivity contribution is -0.268. The van der Waals surface area contributed by atoms with Gasteiger partial charge in [-0.2, -0.15) is 13.2 Å². The first-order valence-electron chi connectivity index (χ1n) is 7.90. The van der Waals surface area contributed by atoms with Crippen molar-refractivity contribution in [2.75, 3.05) is 6.61 Å². The highest BCUT2D eigenvalue weighted by Crippen LogP contribution is 2.55. The number of fused-ring (bicyclic) bond motifs is 2. The van der Waals surface area contributed by atoms with Crippen molar-refractivity contribution in [2.24, 2.45) is 10.9 Å². The first-order chi connectivity index (χ1) is 12.2. The van der Waals surface area contributed by atoms with Crippen LogP contribution in [0.3, 0.4) is 0 Å². The van der Waals surface area contributed by atoms with Crippen molar-refractivity contribution in [3.63, 3.8) is 0 Å². The van der Waals surface area contributed by atoms with Crippen LogP contribution < -0.4 is 0 Å². The van der Waals surface area contributed by atoms with E-state index in [0.29, 0.717) is 5.06 Å². The fraction of sp³-hybridized carbons (Fsp3) is 0.353. The second kappa shape index (κ2) is 5.99. The first kappa shape index (κ1) is 17.9. The smallest absolute Gasteiger partial charge is 0.356 e. The van der Waals surface area contributed by atoms with Gasteiger partial charge in [0, 0.05) is 16.2 Å². The first-order valence-corrected chi connectivity index (χ1v) is 8.65. The van der Waals surface area contributed by atoms with Gasteiger partial charge in [-0.15, -0.1) is 0 Å². The van der Waals surface area contributed by atoms with Gasteiger partial charge in [0.25, 0.3) is 0 Å². The quantitative estimate of drug-likeness (QED) is 0.745. The van der Waals surface area contributed by atoms with Crippen molar-refractivity contribution in [1.29, 1.82) is 0 Å². The molecule has 2 heterocycles. The predicted molar refractivity (Wildman–Crippen MR) is 90.6 cm³/mol.